The minimum absolute atomic E-state index is 0.127. The van der Waals surface area contributed by atoms with Gasteiger partial charge in [-0.15, -0.1) is 12.3 Å². The van der Waals surface area contributed by atoms with Crippen LogP contribution < -0.4 is 5.32 Å². The van der Waals surface area contributed by atoms with Gasteiger partial charge in [0, 0.05) is 33.7 Å². The maximum absolute atomic E-state index is 11.8. The van der Waals surface area contributed by atoms with Gasteiger partial charge >= 0.3 is 0 Å². The molecule has 0 aliphatic carbocycles. The number of nitrogens with one attached hydrogen (secondary N) is 1. The average molecular weight is 365 g/mol. The maximum Gasteiger partial charge on any atom is 0.261 e. The highest BCUT2D eigenvalue weighted by Gasteiger charge is 2.15. The Morgan fingerprint density at radius 1 is 1.42 bits per heavy atom. The van der Waals surface area contributed by atoms with E-state index in [0.717, 1.165) is 0 Å². The quantitative estimate of drug-likeness (QED) is 0.496. The zero-order chi connectivity index (χ0) is 14.5. The zero-order valence-corrected chi connectivity index (χ0v) is 13.0. The van der Waals surface area contributed by atoms with Gasteiger partial charge in [0.2, 0.25) is 0 Å². The van der Waals surface area contributed by atoms with E-state index in [9.17, 15) is 13.2 Å². The molecule has 0 saturated heterocycles. The second-order valence-electron chi connectivity index (χ2n) is 3.68. The summed E-state index contributed by atoms with van der Waals surface area (Å²) in [4.78, 5) is 11.7. The number of amides is 1. The fourth-order valence-corrected chi connectivity index (χ4v) is 2.78. The van der Waals surface area contributed by atoms with Crippen molar-refractivity contribution >= 4 is 41.6 Å². The van der Waals surface area contributed by atoms with E-state index in [4.69, 9.17) is 17.1 Å². The summed E-state index contributed by atoms with van der Waals surface area (Å²) in [5, 5.41) is 2.65. The van der Waals surface area contributed by atoms with E-state index in [0.29, 0.717) is 23.9 Å². The molecule has 1 rings (SSSR count). The van der Waals surface area contributed by atoms with E-state index >= 15 is 0 Å². The van der Waals surface area contributed by atoms with Gasteiger partial charge in [0.1, 0.15) is 0 Å². The van der Waals surface area contributed by atoms with Gasteiger partial charge in [0.05, 0.1) is 4.90 Å². The third-order valence-corrected chi connectivity index (χ3v) is 3.99. The lowest BCUT2D eigenvalue weighted by Gasteiger charge is -2.06. The summed E-state index contributed by atoms with van der Waals surface area (Å²) in [5.41, 5.74) is 0.217. The summed E-state index contributed by atoms with van der Waals surface area (Å²) < 4.78 is 23.0. The monoisotopic (exact) mass is 363 g/mol. The first kappa shape index (κ1) is 16.0. The molecule has 0 aliphatic heterocycles. The molecule has 4 nitrogen and oxygen atoms in total. The van der Waals surface area contributed by atoms with Crippen LogP contribution in [0.3, 0.4) is 0 Å². The van der Waals surface area contributed by atoms with E-state index in [1.165, 1.54) is 18.2 Å². The molecule has 0 fully saturated rings. The standard InChI is InChI=1S/C12H11BrClNO3S/c1-2-3-4-5-15-12(16)9-6-10(13)8-11(7-9)19(14,17)18/h1,6-8H,3-5H2,(H,15,16). The molecule has 0 atom stereocenters. The number of carbonyl (C=O) groups excluding carboxylic acids is 1. The number of hydrogen-bond donors (Lipinski definition) is 1. The number of carbonyl (C=O) groups is 1. The molecule has 1 aromatic rings. The third-order valence-electron chi connectivity index (χ3n) is 2.20. The van der Waals surface area contributed by atoms with Gasteiger partial charge < -0.3 is 5.32 Å². The van der Waals surface area contributed by atoms with E-state index in [1.807, 2.05) is 0 Å². The van der Waals surface area contributed by atoms with Crippen molar-refractivity contribution in [2.45, 2.75) is 17.7 Å². The fraction of sp³-hybridized carbons (Fsp3) is 0.250. The Bertz CT molecular complexity index is 622. The molecule has 0 heterocycles. The predicted molar refractivity (Wildman–Crippen MR) is 77.6 cm³/mol. The van der Waals surface area contributed by atoms with Crippen LogP contribution in [0, 0.1) is 12.3 Å². The Hall–Kier alpha value is -1.03. The lowest BCUT2D eigenvalue weighted by molar-refractivity contribution is 0.0953. The molecular weight excluding hydrogens is 354 g/mol. The van der Waals surface area contributed by atoms with Crippen LogP contribution in [0.5, 0.6) is 0 Å². The summed E-state index contributed by atoms with van der Waals surface area (Å²) in [6.07, 6.45) is 6.33. The van der Waals surface area contributed by atoms with Crippen molar-refractivity contribution in [2.75, 3.05) is 6.54 Å². The molecule has 0 radical (unpaired) electrons. The van der Waals surface area contributed by atoms with Gasteiger partial charge in [-0.1, -0.05) is 15.9 Å². The van der Waals surface area contributed by atoms with Gasteiger partial charge in [-0.05, 0) is 24.6 Å². The highest BCUT2D eigenvalue weighted by atomic mass is 79.9. The molecule has 19 heavy (non-hydrogen) atoms. The molecule has 1 amide bonds. The largest absolute Gasteiger partial charge is 0.352 e. The number of unbranched alkanes of at least 4 members (excludes halogenated alkanes) is 1. The summed E-state index contributed by atoms with van der Waals surface area (Å²) >= 11 is 3.14. The summed E-state index contributed by atoms with van der Waals surface area (Å²) in [7, 11) is 1.38. The molecule has 102 valence electrons. The first-order valence-electron chi connectivity index (χ1n) is 5.31. The Balaban J connectivity index is 2.87. The number of rotatable bonds is 5. The predicted octanol–water partition coefficient (Wildman–Crippen LogP) is 2.52. The highest BCUT2D eigenvalue weighted by Crippen LogP contribution is 2.22. The molecule has 0 aliphatic rings. The lowest BCUT2D eigenvalue weighted by atomic mass is 10.2. The van der Waals surface area contributed by atoms with E-state index in [2.05, 4.69) is 27.2 Å². The summed E-state index contributed by atoms with van der Waals surface area (Å²) in [5.74, 6) is 2.09. The van der Waals surface area contributed by atoms with Crippen LogP contribution >= 0.6 is 26.6 Å². The van der Waals surface area contributed by atoms with Crippen molar-refractivity contribution in [3.05, 3.63) is 28.2 Å². The first-order valence-corrected chi connectivity index (χ1v) is 8.42. The highest BCUT2D eigenvalue weighted by molar-refractivity contribution is 9.10. The van der Waals surface area contributed by atoms with Crippen molar-refractivity contribution in [1.82, 2.24) is 5.32 Å². The number of terminal acetylenes is 1. The van der Waals surface area contributed by atoms with Crippen molar-refractivity contribution < 1.29 is 13.2 Å². The molecule has 0 spiro atoms. The Morgan fingerprint density at radius 3 is 2.68 bits per heavy atom. The molecule has 0 aromatic heterocycles. The number of halogens is 2. The average Bonchev–Trinajstić information content (AvgIpc) is 2.32. The normalized spacial score (nSPS) is 10.8. The SMILES string of the molecule is C#CCCCNC(=O)c1cc(Br)cc(S(=O)(=O)Cl)c1. The molecule has 1 aromatic carbocycles. The van der Waals surface area contributed by atoms with Gasteiger partial charge in [-0.25, -0.2) is 8.42 Å². The van der Waals surface area contributed by atoms with Crippen molar-refractivity contribution in [3.8, 4) is 12.3 Å². The summed E-state index contributed by atoms with van der Waals surface area (Å²) in [6, 6.07) is 4.07. The molecule has 7 heteroatoms. The Labute approximate surface area is 125 Å². The fourth-order valence-electron chi connectivity index (χ4n) is 1.33. The smallest absolute Gasteiger partial charge is 0.261 e. The molecular formula is C12H11BrClNO3S. The second kappa shape index (κ2) is 6.94. The first-order chi connectivity index (χ1) is 8.84. The third kappa shape index (κ3) is 5.23. The lowest BCUT2D eigenvalue weighted by Crippen LogP contribution is -2.24. The van der Waals surface area contributed by atoms with Crippen molar-refractivity contribution in [1.29, 1.82) is 0 Å². The van der Waals surface area contributed by atoms with Gasteiger partial charge in [-0.3, -0.25) is 4.79 Å². The van der Waals surface area contributed by atoms with Crippen LogP contribution in [0.1, 0.15) is 23.2 Å². The van der Waals surface area contributed by atoms with Crippen molar-refractivity contribution in [3.63, 3.8) is 0 Å². The maximum atomic E-state index is 11.8. The van der Waals surface area contributed by atoms with Gasteiger partial charge in [-0.2, -0.15) is 0 Å². The molecule has 0 saturated carbocycles. The van der Waals surface area contributed by atoms with Crippen LogP contribution in [0.4, 0.5) is 0 Å². The molecule has 1 N–H and O–H groups in total. The van der Waals surface area contributed by atoms with Gasteiger partial charge in [0.25, 0.3) is 15.0 Å². The van der Waals surface area contributed by atoms with E-state index < -0.39 is 9.05 Å². The minimum Gasteiger partial charge on any atom is -0.352 e. The summed E-state index contributed by atoms with van der Waals surface area (Å²) in [6.45, 7) is 0.429. The van der Waals surface area contributed by atoms with Crippen LogP contribution in [0.2, 0.25) is 0 Å². The van der Waals surface area contributed by atoms with E-state index in [-0.39, 0.29) is 16.4 Å². The van der Waals surface area contributed by atoms with Crippen LogP contribution in [0.25, 0.3) is 0 Å². The molecule has 0 bridgehead atoms. The topological polar surface area (TPSA) is 63.2 Å². The van der Waals surface area contributed by atoms with Crippen molar-refractivity contribution in [2.24, 2.45) is 0 Å². The zero-order valence-electron chi connectivity index (χ0n) is 9.82. The Morgan fingerprint density at radius 2 is 2.11 bits per heavy atom. The van der Waals surface area contributed by atoms with E-state index in [1.54, 1.807) is 0 Å². The number of benzene rings is 1. The van der Waals surface area contributed by atoms with Crippen LogP contribution in [-0.2, 0) is 9.05 Å². The Kier molecular flexibility index (Phi) is 5.85. The number of hydrogen-bond acceptors (Lipinski definition) is 3. The van der Waals surface area contributed by atoms with Crippen LogP contribution in [-0.4, -0.2) is 20.9 Å². The van der Waals surface area contributed by atoms with Crippen LogP contribution in [0.15, 0.2) is 27.6 Å². The molecule has 0 unspecified atom stereocenters. The second-order valence-corrected chi connectivity index (χ2v) is 7.16. The van der Waals surface area contributed by atoms with Gasteiger partial charge in [0.15, 0.2) is 0 Å². The minimum atomic E-state index is -3.87.